The lowest BCUT2D eigenvalue weighted by molar-refractivity contribution is 0.0521. The number of aliphatic hydroxyl groups excluding tert-OH is 1. The molecule has 0 fully saturated rings. The standard InChI is InChI=1S/C13H29NO/c1-8-13(6,10-15)9-14(7)11(2)12(3,4)5/h11,15H,8-10H2,1-7H3. The average molecular weight is 215 g/mol. The van der Waals surface area contributed by atoms with Gasteiger partial charge in [0.05, 0.1) is 0 Å². The summed E-state index contributed by atoms with van der Waals surface area (Å²) in [5, 5.41) is 9.39. The predicted molar refractivity (Wildman–Crippen MR) is 67.0 cm³/mol. The summed E-state index contributed by atoms with van der Waals surface area (Å²) in [5.41, 5.74) is 0.327. The molecule has 0 heterocycles. The molecule has 92 valence electrons. The summed E-state index contributed by atoms with van der Waals surface area (Å²) >= 11 is 0. The third kappa shape index (κ3) is 4.52. The first-order chi connectivity index (χ1) is 6.66. The van der Waals surface area contributed by atoms with Gasteiger partial charge in [-0.15, -0.1) is 0 Å². The van der Waals surface area contributed by atoms with Crippen LogP contribution in [0.15, 0.2) is 0 Å². The van der Waals surface area contributed by atoms with E-state index < -0.39 is 0 Å². The fraction of sp³-hybridized carbons (Fsp3) is 1.00. The van der Waals surface area contributed by atoms with Gasteiger partial charge in [-0.2, -0.15) is 0 Å². The third-order valence-corrected chi connectivity index (χ3v) is 3.78. The van der Waals surface area contributed by atoms with E-state index in [2.05, 4.69) is 53.5 Å². The summed E-state index contributed by atoms with van der Waals surface area (Å²) in [6.07, 6.45) is 1.02. The van der Waals surface area contributed by atoms with Gasteiger partial charge >= 0.3 is 0 Å². The van der Waals surface area contributed by atoms with E-state index >= 15 is 0 Å². The Morgan fingerprint density at radius 3 is 1.93 bits per heavy atom. The maximum atomic E-state index is 9.39. The first-order valence-corrected chi connectivity index (χ1v) is 5.97. The van der Waals surface area contributed by atoms with E-state index in [4.69, 9.17) is 0 Å². The number of rotatable bonds is 5. The minimum absolute atomic E-state index is 0.0360. The Morgan fingerprint density at radius 1 is 1.20 bits per heavy atom. The first kappa shape index (κ1) is 14.9. The van der Waals surface area contributed by atoms with Crippen LogP contribution < -0.4 is 0 Å². The minimum Gasteiger partial charge on any atom is -0.396 e. The Kier molecular flexibility index (Phi) is 5.28. The molecule has 1 N–H and O–H groups in total. The molecular weight excluding hydrogens is 186 g/mol. The Labute approximate surface area is 95.7 Å². The highest BCUT2D eigenvalue weighted by molar-refractivity contribution is 4.82. The number of nitrogens with zero attached hydrogens (tertiary/aromatic N) is 1. The molecule has 0 aliphatic rings. The van der Waals surface area contributed by atoms with Gasteiger partial charge in [-0.05, 0) is 25.8 Å². The highest BCUT2D eigenvalue weighted by Gasteiger charge is 2.29. The van der Waals surface area contributed by atoms with E-state index in [-0.39, 0.29) is 12.0 Å². The van der Waals surface area contributed by atoms with E-state index in [1.807, 2.05) is 0 Å². The summed E-state index contributed by atoms with van der Waals surface area (Å²) in [5.74, 6) is 0. The molecule has 0 radical (unpaired) electrons. The monoisotopic (exact) mass is 215 g/mol. The zero-order valence-corrected chi connectivity index (χ0v) is 11.6. The van der Waals surface area contributed by atoms with Crippen molar-refractivity contribution in [3.63, 3.8) is 0 Å². The van der Waals surface area contributed by atoms with Gasteiger partial charge in [-0.3, -0.25) is 0 Å². The van der Waals surface area contributed by atoms with Crippen molar-refractivity contribution in [3.8, 4) is 0 Å². The fourth-order valence-electron chi connectivity index (χ4n) is 1.67. The molecule has 0 rings (SSSR count). The zero-order valence-electron chi connectivity index (χ0n) is 11.6. The second kappa shape index (κ2) is 5.31. The summed E-state index contributed by atoms with van der Waals surface area (Å²) in [7, 11) is 2.15. The van der Waals surface area contributed by atoms with Crippen LogP contribution in [0.1, 0.15) is 48.0 Å². The van der Waals surface area contributed by atoms with Crippen molar-refractivity contribution in [1.29, 1.82) is 0 Å². The molecule has 0 bridgehead atoms. The second-order valence-corrected chi connectivity index (χ2v) is 6.28. The van der Waals surface area contributed by atoms with Crippen LogP contribution in [0.4, 0.5) is 0 Å². The molecule has 0 aromatic rings. The van der Waals surface area contributed by atoms with Crippen molar-refractivity contribution in [2.24, 2.45) is 10.8 Å². The second-order valence-electron chi connectivity index (χ2n) is 6.28. The van der Waals surface area contributed by atoms with Crippen LogP contribution in [-0.2, 0) is 0 Å². The van der Waals surface area contributed by atoms with E-state index in [1.165, 1.54) is 0 Å². The average Bonchev–Trinajstić information content (AvgIpc) is 2.15. The minimum atomic E-state index is 0.0360. The molecular formula is C13H29NO. The molecule has 0 aliphatic heterocycles. The Morgan fingerprint density at radius 2 is 1.67 bits per heavy atom. The third-order valence-electron chi connectivity index (χ3n) is 3.78. The summed E-state index contributed by atoms with van der Waals surface area (Å²) < 4.78 is 0. The van der Waals surface area contributed by atoms with E-state index in [0.717, 1.165) is 13.0 Å². The molecule has 2 heteroatoms. The van der Waals surface area contributed by atoms with Crippen LogP contribution in [0.25, 0.3) is 0 Å². The fourth-order valence-corrected chi connectivity index (χ4v) is 1.67. The molecule has 0 aromatic carbocycles. The highest BCUT2D eigenvalue weighted by Crippen LogP contribution is 2.27. The summed E-state index contributed by atoms with van der Waals surface area (Å²) in [4.78, 5) is 2.36. The Balaban J connectivity index is 4.42. The molecule has 0 saturated heterocycles. The highest BCUT2D eigenvalue weighted by atomic mass is 16.3. The zero-order chi connectivity index (χ0) is 12.3. The summed E-state index contributed by atoms with van der Waals surface area (Å²) in [6, 6.07) is 0.523. The van der Waals surface area contributed by atoms with Gasteiger partial charge in [0.15, 0.2) is 0 Å². The smallest absolute Gasteiger partial charge is 0.0496 e. The topological polar surface area (TPSA) is 23.5 Å². The van der Waals surface area contributed by atoms with Crippen LogP contribution in [-0.4, -0.2) is 36.2 Å². The van der Waals surface area contributed by atoms with E-state index in [9.17, 15) is 5.11 Å². The molecule has 0 aromatic heterocycles. The lowest BCUT2D eigenvalue weighted by Gasteiger charge is -2.40. The SMILES string of the molecule is CCC(C)(CO)CN(C)C(C)C(C)(C)C. The van der Waals surface area contributed by atoms with Crippen molar-refractivity contribution >= 4 is 0 Å². The van der Waals surface area contributed by atoms with Gasteiger partial charge in [0.1, 0.15) is 0 Å². The summed E-state index contributed by atoms with van der Waals surface area (Å²) in [6.45, 7) is 14.6. The van der Waals surface area contributed by atoms with Gasteiger partial charge in [-0.1, -0.05) is 34.6 Å². The molecule has 0 aliphatic carbocycles. The molecule has 15 heavy (non-hydrogen) atoms. The largest absolute Gasteiger partial charge is 0.396 e. The van der Waals surface area contributed by atoms with Crippen molar-refractivity contribution in [2.45, 2.75) is 54.0 Å². The van der Waals surface area contributed by atoms with Gasteiger partial charge in [-0.25, -0.2) is 0 Å². The predicted octanol–water partition coefficient (Wildman–Crippen LogP) is 2.76. The normalized spacial score (nSPS) is 19.0. The Bertz CT molecular complexity index is 179. The molecule has 0 amide bonds. The molecule has 2 nitrogen and oxygen atoms in total. The molecule has 0 saturated carbocycles. The molecule has 2 atom stereocenters. The number of aliphatic hydroxyl groups is 1. The van der Waals surface area contributed by atoms with E-state index in [0.29, 0.717) is 11.5 Å². The van der Waals surface area contributed by atoms with Crippen molar-refractivity contribution in [3.05, 3.63) is 0 Å². The molecule has 2 unspecified atom stereocenters. The van der Waals surface area contributed by atoms with Crippen LogP contribution in [0.2, 0.25) is 0 Å². The van der Waals surface area contributed by atoms with Gasteiger partial charge < -0.3 is 10.0 Å². The lowest BCUT2D eigenvalue weighted by atomic mass is 9.83. The van der Waals surface area contributed by atoms with Crippen LogP contribution in [0, 0.1) is 10.8 Å². The molecule has 0 spiro atoms. The van der Waals surface area contributed by atoms with Crippen molar-refractivity contribution in [2.75, 3.05) is 20.2 Å². The van der Waals surface area contributed by atoms with Gasteiger partial charge in [0.25, 0.3) is 0 Å². The van der Waals surface area contributed by atoms with Gasteiger partial charge in [0, 0.05) is 24.6 Å². The Hall–Kier alpha value is -0.0800. The van der Waals surface area contributed by atoms with Crippen LogP contribution in [0.3, 0.4) is 0 Å². The van der Waals surface area contributed by atoms with Gasteiger partial charge in [0.2, 0.25) is 0 Å². The van der Waals surface area contributed by atoms with Crippen molar-refractivity contribution < 1.29 is 5.11 Å². The lowest BCUT2D eigenvalue weighted by Crippen LogP contribution is -2.45. The quantitative estimate of drug-likeness (QED) is 0.762. The first-order valence-electron chi connectivity index (χ1n) is 5.97. The van der Waals surface area contributed by atoms with E-state index in [1.54, 1.807) is 0 Å². The van der Waals surface area contributed by atoms with Crippen LogP contribution >= 0.6 is 0 Å². The number of hydrogen-bond donors (Lipinski definition) is 1. The van der Waals surface area contributed by atoms with Crippen LogP contribution in [0.5, 0.6) is 0 Å². The maximum absolute atomic E-state index is 9.39. The van der Waals surface area contributed by atoms with Crippen molar-refractivity contribution in [1.82, 2.24) is 4.90 Å². The number of hydrogen-bond acceptors (Lipinski definition) is 2. The maximum Gasteiger partial charge on any atom is 0.0496 e.